The molecule has 2 aliphatic rings. The highest BCUT2D eigenvalue weighted by molar-refractivity contribution is 5.83. The Morgan fingerprint density at radius 2 is 2.14 bits per heavy atom. The summed E-state index contributed by atoms with van der Waals surface area (Å²) >= 11 is 0. The van der Waals surface area contributed by atoms with E-state index in [1.165, 1.54) is 19.3 Å². The van der Waals surface area contributed by atoms with E-state index in [1.807, 2.05) is 13.8 Å². The van der Waals surface area contributed by atoms with E-state index in [9.17, 15) is 4.79 Å². The van der Waals surface area contributed by atoms with Crippen molar-refractivity contribution in [1.82, 2.24) is 15.5 Å². The summed E-state index contributed by atoms with van der Waals surface area (Å²) in [4.78, 5) is 16.8. The van der Waals surface area contributed by atoms with Gasteiger partial charge in [-0.2, -0.15) is 4.98 Å². The van der Waals surface area contributed by atoms with E-state index >= 15 is 0 Å². The minimum atomic E-state index is -0.466. The van der Waals surface area contributed by atoms with Crippen molar-refractivity contribution in [3.63, 3.8) is 0 Å². The number of aromatic nitrogens is 2. The first-order valence-corrected chi connectivity index (χ1v) is 8.32. The molecule has 2 unspecified atom stereocenters. The van der Waals surface area contributed by atoms with Crippen LogP contribution in [0, 0.1) is 5.41 Å². The molecule has 122 valence electrons. The fourth-order valence-electron chi connectivity index (χ4n) is 3.36. The smallest absolute Gasteiger partial charge is 0.246 e. The third-order valence-corrected chi connectivity index (χ3v) is 5.26. The lowest BCUT2D eigenvalue weighted by atomic mass is 9.83. The molecule has 0 bridgehead atoms. The zero-order valence-electron chi connectivity index (χ0n) is 13.4. The number of carbonyl (C=O) groups is 1. The number of carbonyl (C=O) groups excluding carboxylic acids is 1. The molecule has 2 atom stereocenters. The quantitative estimate of drug-likeness (QED) is 0.925. The Balaban J connectivity index is 1.55. The van der Waals surface area contributed by atoms with Crippen molar-refractivity contribution >= 4 is 5.91 Å². The van der Waals surface area contributed by atoms with Gasteiger partial charge in [-0.25, -0.2) is 0 Å². The monoisotopic (exact) mass is 307 g/mol. The summed E-state index contributed by atoms with van der Waals surface area (Å²) in [6, 6.07) is 0. The predicted octanol–water partition coefficient (Wildman–Crippen LogP) is 2.55. The van der Waals surface area contributed by atoms with Crippen molar-refractivity contribution < 1.29 is 14.1 Å². The number of rotatable bonds is 4. The molecule has 0 radical (unpaired) electrons. The fraction of sp³-hybridized carbons (Fsp3) is 0.812. The molecule has 0 aromatic carbocycles. The Morgan fingerprint density at radius 3 is 2.82 bits per heavy atom. The van der Waals surface area contributed by atoms with Gasteiger partial charge in [-0.1, -0.05) is 24.4 Å². The Hall–Kier alpha value is -1.43. The summed E-state index contributed by atoms with van der Waals surface area (Å²) in [5.74, 6) is 1.70. The van der Waals surface area contributed by atoms with E-state index < -0.39 is 5.41 Å². The highest BCUT2D eigenvalue weighted by Gasteiger charge is 2.43. The third-order valence-electron chi connectivity index (χ3n) is 5.26. The molecule has 6 nitrogen and oxygen atoms in total. The maximum Gasteiger partial charge on any atom is 0.246 e. The van der Waals surface area contributed by atoms with Crippen LogP contribution in [0.4, 0.5) is 0 Å². The zero-order chi connectivity index (χ0) is 15.6. The van der Waals surface area contributed by atoms with Gasteiger partial charge in [0.2, 0.25) is 11.8 Å². The zero-order valence-corrected chi connectivity index (χ0v) is 13.4. The van der Waals surface area contributed by atoms with Gasteiger partial charge in [0, 0.05) is 12.5 Å². The van der Waals surface area contributed by atoms with Gasteiger partial charge < -0.3 is 14.6 Å². The molecule has 2 heterocycles. The first kappa shape index (κ1) is 15.5. The number of hydrogen-bond acceptors (Lipinski definition) is 5. The van der Waals surface area contributed by atoms with Crippen LogP contribution in [-0.2, 0) is 16.1 Å². The van der Waals surface area contributed by atoms with Gasteiger partial charge in [0.15, 0.2) is 5.82 Å². The second-order valence-corrected chi connectivity index (χ2v) is 6.74. The van der Waals surface area contributed by atoms with E-state index in [0.717, 1.165) is 25.1 Å². The first-order chi connectivity index (χ1) is 10.6. The van der Waals surface area contributed by atoms with Crippen molar-refractivity contribution in [1.29, 1.82) is 0 Å². The third kappa shape index (κ3) is 3.02. The van der Waals surface area contributed by atoms with Crippen LogP contribution in [0.3, 0.4) is 0 Å². The summed E-state index contributed by atoms with van der Waals surface area (Å²) in [7, 11) is 0. The molecule has 1 amide bonds. The van der Waals surface area contributed by atoms with Crippen molar-refractivity contribution in [2.45, 2.75) is 70.9 Å². The minimum absolute atomic E-state index is 0.00471. The molecule has 1 saturated carbocycles. The SMILES string of the molecule is CC1OCCC1(C)C(=O)NCc1nc(C2CCCCC2)no1. The van der Waals surface area contributed by atoms with Crippen molar-refractivity contribution in [3.8, 4) is 0 Å². The number of nitrogens with zero attached hydrogens (tertiary/aromatic N) is 2. The van der Waals surface area contributed by atoms with Crippen molar-refractivity contribution in [2.75, 3.05) is 6.61 Å². The van der Waals surface area contributed by atoms with Crippen LogP contribution in [0.1, 0.15) is 70.0 Å². The first-order valence-electron chi connectivity index (χ1n) is 8.32. The number of hydrogen-bond donors (Lipinski definition) is 1. The molecule has 22 heavy (non-hydrogen) atoms. The van der Waals surface area contributed by atoms with Gasteiger partial charge in [0.1, 0.15) is 0 Å². The number of ether oxygens (including phenoxy) is 1. The molecule has 1 aromatic rings. The van der Waals surface area contributed by atoms with Crippen LogP contribution in [0.15, 0.2) is 4.52 Å². The molecule has 1 aliphatic heterocycles. The highest BCUT2D eigenvalue weighted by atomic mass is 16.5. The number of nitrogens with one attached hydrogen (secondary N) is 1. The van der Waals surface area contributed by atoms with E-state index in [2.05, 4.69) is 15.5 Å². The maximum absolute atomic E-state index is 12.4. The topological polar surface area (TPSA) is 77.2 Å². The standard InChI is InChI=1S/C16H25N3O3/c1-11-16(2,8-9-21-11)15(20)17-10-13-18-14(19-22-13)12-6-4-3-5-7-12/h11-12H,3-10H2,1-2H3,(H,17,20). The Labute approximate surface area is 131 Å². The van der Waals surface area contributed by atoms with Crippen molar-refractivity contribution in [3.05, 3.63) is 11.7 Å². The van der Waals surface area contributed by atoms with Gasteiger partial charge in [0.25, 0.3) is 0 Å². The minimum Gasteiger partial charge on any atom is -0.377 e. The Kier molecular flexibility index (Phi) is 4.47. The fourth-order valence-corrected chi connectivity index (χ4v) is 3.36. The summed E-state index contributed by atoms with van der Waals surface area (Å²) in [6.45, 7) is 4.82. The lowest BCUT2D eigenvalue weighted by Crippen LogP contribution is -2.42. The maximum atomic E-state index is 12.4. The largest absolute Gasteiger partial charge is 0.377 e. The molecule has 3 rings (SSSR count). The van der Waals surface area contributed by atoms with Gasteiger partial charge in [-0.05, 0) is 33.1 Å². The lowest BCUT2D eigenvalue weighted by Gasteiger charge is -2.25. The van der Waals surface area contributed by atoms with E-state index in [4.69, 9.17) is 9.26 Å². The second kappa shape index (κ2) is 6.36. The Bertz CT molecular complexity index is 524. The summed E-state index contributed by atoms with van der Waals surface area (Å²) in [6.07, 6.45) is 6.74. The van der Waals surface area contributed by atoms with Crippen LogP contribution >= 0.6 is 0 Å². The van der Waals surface area contributed by atoms with Gasteiger partial charge in [0.05, 0.1) is 18.1 Å². The van der Waals surface area contributed by atoms with Crippen LogP contribution in [0.25, 0.3) is 0 Å². The highest BCUT2D eigenvalue weighted by Crippen LogP contribution is 2.34. The molecule has 1 aliphatic carbocycles. The Morgan fingerprint density at radius 1 is 1.36 bits per heavy atom. The van der Waals surface area contributed by atoms with Crippen LogP contribution in [-0.4, -0.2) is 28.8 Å². The summed E-state index contributed by atoms with van der Waals surface area (Å²) in [5, 5.41) is 7.00. The van der Waals surface area contributed by atoms with Gasteiger partial charge >= 0.3 is 0 Å². The predicted molar refractivity (Wildman–Crippen MR) is 80.1 cm³/mol. The summed E-state index contributed by atoms with van der Waals surface area (Å²) < 4.78 is 10.8. The van der Waals surface area contributed by atoms with Crippen molar-refractivity contribution in [2.24, 2.45) is 5.41 Å². The van der Waals surface area contributed by atoms with E-state index in [0.29, 0.717) is 25.0 Å². The van der Waals surface area contributed by atoms with Gasteiger partial charge in [-0.15, -0.1) is 0 Å². The normalized spacial score (nSPS) is 29.6. The van der Waals surface area contributed by atoms with E-state index in [1.54, 1.807) is 0 Å². The molecule has 1 N–H and O–H groups in total. The van der Waals surface area contributed by atoms with Crippen LogP contribution < -0.4 is 5.32 Å². The molecule has 1 saturated heterocycles. The average molecular weight is 307 g/mol. The molecular formula is C16H25N3O3. The van der Waals surface area contributed by atoms with Crippen LogP contribution in [0.2, 0.25) is 0 Å². The van der Waals surface area contributed by atoms with Gasteiger partial charge in [-0.3, -0.25) is 4.79 Å². The molecule has 6 heteroatoms. The molecule has 2 fully saturated rings. The summed E-state index contributed by atoms with van der Waals surface area (Å²) in [5.41, 5.74) is -0.466. The lowest BCUT2D eigenvalue weighted by molar-refractivity contribution is -0.132. The second-order valence-electron chi connectivity index (χ2n) is 6.74. The average Bonchev–Trinajstić information content (AvgIpc) is 3.14. The molecular weight excluding hydrogens is 282 g/mol. The van der Waals surface area contributed by atoms with E-state index in [-0.39, 0.29) is 12.0 Å². The molecule has 1 aromatic heterocycles. The molecule has 0 spiro atoms. The number of amides is 1. The van der Waals surface area contributed by atoms with Crippen LogP contribution in [0.5, 0.6) is 0 Å².